The molecule has 2 aliphatic rings. The third-order valence-electron chi connectivity index (χ3n) is 4.80. The van der Waals surface area contributed by atoms with Crippen molar-refractivity contribution in [1.82, 2.24) is 0 Å². The third kappa shape index (κ3) is 2.81. The number of benzene rings is 2. The van der Waals surface area contributed by atoms with Crippen LogP contribution in [0.1, 0.15) is 30.9 Å². The molecule has 0 fully saturated rings. The lowest BCUT2D eigenvalue weighted by Crippen LogP contribution is -2.31. The van der Waals surface area contributed by atoms with Crippen LogP contribution in [0.5, 0.6) is 5.75 Å². The summed E-state index contributed by atoms with van der Waals surface area (Å²) in [7, 11) is -3.85. The Balaban J connectivity index is 1.89. The second kappa shape index (κ2) is 6.02. The lowest BCUT2D eigenvalue weighted by molar-refractivity contribution is -0.135. The van der Waals surface area contributed by atoms with Gasteiger partial charge in [0.15, 0.2) is 5.60 Å². The topological polar surface area (TPSA) is 113 Å². The third-order valence-corrected chi connectivity index (χ3v) is 5.73. The summed E-state index contributed by atoms with van der Waals surface area (Å²) in [5, 5.41) is 5.14. The van der Waals surface area contributed by atoms with Gasteiger partial charge in [-0.05, 0) is 44.2 Å². The standard InChI is InChI=1S/C20H17NO6S/c1-20(2)18(22)16(15-13-5-3-4-6-14(13)26-19(15)23)17(27-20)11-7-9-12(10-8-11)28(21,24)25/h3-10,15H,1-2H3,(H2,21,24,25). The molecule has 8 heteroatoms. The average Bonchev–Trinajstić information content (AvgIpc) is 3.07. The number of rotatable bonds is 3. The summed E-state index contributed by atoms with van der Waals surface area (Å²) >= 11 is 0. The minimum atomic E-state index is -3.85. The molecule has 2 aromatic carbocycles. The van der Waals surface area contributed by atoms with E-state index in [1.165, 1.54) is 24.3 Å². The van der Waals surface area contributed by atoms with Gasteiger partial charge in [0.1, 0.15) is 17.4 Å². The van der Waals surface area contributed by atoms with E-state index in [9.17, 15) is 18.0 Å². The van der Waals surface area contributed by atoms with Crippen LogP contribution in [0.4, 0.5) is 0 Å². The molecule has 0 aromatic heterocycles. The Labute approximate surface area is 161 Å². The van der Waals surface area contributed by atoms with Gasteiger partial charge < -0.3 is 9.47 Å². The Hall–Kier alpha value is -2.97. The maximum absolute atomic E-state index is 13.1. The van der Waals surface area contributed by atoms with Crippen LogP contribution in [-0.4, -0.2) is 25.8 Å². The lowest BCUT2D eigenvalue weighted by Gasteiger charge is -2.18. The Bertz CT molecular complexity index is 1150. The van der Waals surface area contributed by atoms with Gasteiger partial charge in [-0.25, -0.2) is 13.6 Å². The lowest BCUT2D eigenvalue weighted by atomic mass is 9.85. The molecule has 2 aromatic rings. The highest BCUT2D eigenvalue weighted by Gasteiger charge is 2.50. The summed E-state index contributed by atoms with van der Waals surface area (Å²) in [4.78, 5) is 25.6. The summed E-state index contributed by atoms with van der Waals surface area (Å²) in [5.41, 5.74) is 0.0961. The van der Waals surface area contributed by atoms with E-state index >= 15 is 0 Å². The molecule has 2 heterocycles. The first-order valence-corrected chi connectivity index (χ1v) is 10.1. The number of sulfonamides is 1. The molecule has 144 valence electrons. The molecule has 0 spiro atoms. The largest absolute Gasteiger partial charge is 0.479 e. The summed E-state index contributed by atoms with van der Waals surface area (Å²) < 4.78 is 34.2. The Kier molecular flexibility index (Phi) is 3.95. The molecule has 7 nitrogen and oxygen atoms in total. The van der Waals surface area contributed by atoms with Crippen LogP contribution in [0.3, 0.4) is 0 Å². The van der Waals surface area contributed by atoms with Crippen molar-refractivity contribution in [3.63, 3.8) is 0 Å². The number of hydrogen-bond acceptors (Lipinski definition) is 6. The molecule has 1 atom stereocenters. The molecule has 0 bridgehead atoms. The van der Waals surface area contributed by atoms with Gasteiger partial charge in [0.05, 0.1) is 10.5 Å². The first-order chi connectivity index (χ1) is 13.1. The van der Waals surface area contributed by atoms with Crippen LogP contribution >= 0.6 is 0 Å². The number of carbonyl (C=O) groups is 2. The van der Waals surface area contributed by atoms with E-state index in [-0.39, 0.29) is 22.0 Å². The van der Waals surface area contributed by atoms with E-state index in [0.717, 1.165) is 0 Å². The van der Waals surface area contributed by atoms with Gasteiger partial charge in [0.25, 0.3) is 0 Å². The number of ketones is 1. The van der Waals surface area contributed by atoms with Gasteiger partial charge in [-0.3, -0.25) is 9.59 Å². The van der Waals surface area contributed by atoms with Crippen molar-refractivity contribution in [2.75, 3.05) is 0 Å². The molecule has 0 saturated heterocycles. The van der Waals surface area contributed by atoms with Crippen LogP contribution in [0.15, 0.2) is 59.0 Å². The van der Waals surface area contributed by atoms with Gasteiger partial charge in [0.2, 0.25) is 15.8 Å². The van der Waals surface area contributed by atoms with E-state index in [0.29, 0.717) is 16.9 Å². The fourth-order valence-electron chi connectivity index (χ4n) is 3.44. The summed E-state index contributed by atoms with van der Waals surface area (Å²) in [6.45, 7) is 3.24. The van der Waals surface area contributed by atoms with E-state index in [1.807, 2.05) is 0 Å². The average molecular weight is 399 g/mol. The number of esters is 1. The summed E-state index contributed by atoms with van der Waals surface area (Å²) in [6, 6.07) is 12.6. The van der Waals surface area contributed by atoms with Crippen molar-refractivity contribution in [2.45, 2.75) is 30.3 Å². The zero-order valence-electron chi connectivity index (χ0n) is 15.1. The zero-order valence-corrected chi connectivity index (χ0v) is 15.9. The number of para-hydroxylation sites is 1. The highest BCUT2D eigenvalue weighted by atomic mass is 32.2. The first kappa shape index (κ1) is 18.4. The molecule has 2 aliphatic heterocycles. The molecular weight excluding hydrogens is 382 g/mol. The Morgan fingerprint density at radius 3 is 2.29 bits per heavy atom. The quantitative estimate of drug-likeness (QED) is 0.625. The molecular formula is C20H17NO6S. The molecule has 28 heavy (non-hydrogen) atoms. The maximum Gasteiger partial charge on any atom is 0.323 e. The molecule has 0 saturated carbocycles. The number of fused-ring (bicyclic) bond motifs is 1. The van der Waals surface area contributed by atoms with Crippen molar-refractivity contribution in [2.24, 2.45) is 5.14 Å². The van der Waals surface area contributed by atoms with Crippen molar-refractivity contribution in [1.29, 1.82) is 0 Å². The van der Waals surface area contributed by atoms with Crippen molar-refractivity contribution >= 4 is 27.5 Å². The Morgan fingerprint density at radius 2 is 1.64 bits per heavy atom. The summed E-state index contributed by atoms with van der Waals surface area (Å²) in [5.74, 6) is -1.14. The molecule has 4 rings (SSSR count). The zero-order chi connectivity index (χ0) is 20.3. The summed E-state index contributed by atoms with van der Waals surface area (Å²) in [6.07, 6.45) is 0. The van der Waals surface area contributed by atoms with Gasteiger partial charge in [0, 0.05) is 11.1 Å². The van der Waals surface area contributed by atoms with Gasteiger partial charge in [-0.2, -0.15) is 0 Å². The first-order valence-electron chi connectivity index (χ1n) is 8.51. The number of nitrogens with two attached hydrogens (primary N) is 1. The fraction of sp³-hybridized carbons (Fsp3) is 0.200. The second-order valence-electron chi connectivity index (χ2n) is 7.15. The van der Waals surface area contributed by atoms with Gasteiger partial charge in [-0.15, -0.1) is 0 Å². The van der Waals surface area contributed by atoms with Crippen LogP contribution in [-0.2, 0) is 24.3 Å². The van der Waals surface area contributed by atoms with Crippen molar-refractivity contribution < 1.29 is 27.5 Å². The van der Waals surface area contributed by atoms with E-state index in [4.69, 9.17) is 14.6 Å². The smallest absolute Gasteiger partial charge is 0.323 e. The molecule has 0 aliphatic carbocycles. The van der Waals surface area contributed by atoms with Crippen molar-refractivity contribution in [3.8, 4) is 5.75 Å². The minimum Gasteiger partial charge on any atom is -0.479 e. The van der Waals surface area contributed by atoms with E-state index in [1.54, 1.807) is 38.1 Å². The van der Waals surface area contributed by atoms with Gasteiger partial charge >= 0.3 is 5.97 Å². The van der Waals surface area contributed by atoms with Crippen molar-refractivity contribution in [3.05, 3.63) is 65.2 Å². The Morgan fingerprint density at radius 1 is 1.00 bits per heavy atom. The van der Waals surface area contributed by atoms with E-state index < -0.39 is 27.5 Å². The van der Waals surface area contributed by atoms with Gasteiger partial charge in [-0.1, -0.05) is 18.2 Å². The molecule has 2 N–H and O–H groups in total. The number of carbonyl (C=O) groups excluding carboxylic acids is 2. The SMILES string of the molecule is CC1(C)OC(c2ccc(S(N)(=O)=O)cc2)=C(C2C(=O)Oc3ccccc32)C1=O. The normalized spacial score (nSPS) is 20.8. The second-order valence-corrected chi connectivity index (χ2v) is 8.71. The maximum atomic E-state index is 13.1. The number of ether oxygens (including phenoxy) is 2. The van der Waals surface area contributed by atoms with E-state index in [2.05, 4.69) is 0 Å². The van der Waals surface area contributed by atoms with Crippen LogP contribution < -0.4 is 9.88 Å². The predicted octanol–water partition coefficient (Wildman–Crippen LogP) is 2.13. The fourth-order valence-corrected chi connectivity index (χ4v) is 3.95. The number of hydrogen-bond donors (Lipinski definition) is 1. The van der Waals surface area contributed by atoms with Crippen LogP contribution in [0.25, 0.3) is 5.76 Å². The van der Waals surface area contributed by atoms with Crippen LogP contribution in [0.2, 0.25) is 0 Å². The predicted molar refractivity (Wildman–Crippen MR) is 99.7 cm³/mol. The molecule has 0 amide bonds. The molecule has 1 unspecified atom stereocenters. The minimum absolute atomic E-state index is 0.0624. The highest BCUT2D eigenvalue weighted by molar-refractivity contribution is 7.89. The number of primary sulfonamides is 1. The van der Waals surface area contributed by atoms with Crippen LogP contribution in [0, 0.1) is 0 Å². The monoisotopic (exact) mass is 399 g/mol. The highest BCUT2D eigenvalue weighted by Crippen LogP contribution is 2.47. The number of Topliss-reactive ketones (excluding diaryl/α,β-unsaturated/α-hetero) is 1. The molecule has 0 radical (unpaired) electrons.